The Morgan fingerprint density at radius 2 is 1.89 bits per heavy atom. The average molecular weight is 315 g/mol. The number of nitrogens with zero attached hydrogens (tertiary/aromatic N) is 1. The van der Waals surface area contributed by atoms with Crippen LogP contribution in [0.25, 0.3) is 0 Å². The molecule has 0 aromatic rings. The third-order valence-corrected chi connectivity index (χ3v) is 6.35. The van der Waals surface area contributed by atoms with Crippen LogP contribution in [0, 0.1) is 5.92 Å². The molecule has 106 valence electrons. The van der Waals surface area contributed by atoms with Crippen LogP contribution < -0.4 is 9.98 Å². The molecule has 2 rings (SSSR count). The van der Waals surface area contributed by atoms with Gasteiger partial charge < -0.3 is 4.89 Å². The molecular weight excluding hydrogens is 294 g/mol. The normalized spacial score (nSPS) is 36.7. The second kappa shape index (κ2) is 7.03. The first-order valence-electron chi connectivity index (χ1n) is 6.60. The van der Waals surface area contributed by atoms with Crippen molar-refractivity contribution in [2.75, 3.05) is 31.4 Å². The maximum atomic E-state index is 12.8. The highest BCUT2D eigenvalue weighted by Crippen LogP contribution is 2.56. The summed E-state index contributed by atoms with van der Waals surface area (Å²) in [5, 5.41) is 3.11. The minimum atomic E-state index is -2.93. The second-order valence-electron chi connectivity index (χ2n) is 4.90. The van der Waals surface area contributed by atoms with E-state index in [0.717, 1.165) is 13.0 Å². The number of fused-ring (bicyclic) bond motifs is 1. The summed E-state index contributed by atoms with van der Waals surface area (Å²) in [5.74, 6) is 1.37. The van der Waals surface area contributed by atoms with Crippen molar-refractivity contribution >= 4 is 31.2 Å². The number of nitrogens with one attached hydrogen (secondary N) is 1. The van der Waals surface area contributed by atoms with Gasteiger partial charge in [0.05, 0.1) is 13.1 Å². The Kier molecular flexibility index (Phi) is 5.95. The molecular formula is C11H21Cl2N2O2P. The average Bonchev–Trinajstić information content (AvgIpc) is 2.38. The lowest BCUT2D eigenvalue weighted by molar-refractivity contribution is -0.222. The van der Waals surface area contributed by atoms with E-state index in [0.29, 0.717) is 30.8 Å². The van der Waals surface area contributed by atoms with Gasteiger partial charge in [0.2, 0.25) is 0 Å². The quantitative estimate of drug-likeness (QED) is 0.622. The standard InChI is InChI=1S/C11H21Cl2N2O2P/c12-5-7-15(8-6-13)18(16)14-9-10-3-1-2-4-11(10)17-18/h10-11H,1-9H2,(H,14,16)/t10-,11+,18?/m0/s1. The zero-order valence-electron chi connectivity index (χ0n) is 10.5. The first kappa shape index (κ1) is 15.2. The number of rotatable bonds is 5. The van der Waals surface area contributed by atoms with Crippen LogP contribution in [0.5, 0.6) is 0 Å². The number of hydrogen-bond acceptors (Lipinski definition) is 4. The summed E-state index contributed by atoms with van der Waals surface area (Å²) in [4.78, 5) is 12.8. The van der Waals surface area contributed by atoms with Gasteiger partial charge in [-0.25, -0.2) is 4.52 Å². The number of hydrogen-bond donors (Lipinski definition) is 1. The molecule has 1 N–H and O–H groups in total. The predicted octanol–water partition coefficient (Wildman–Crippen LogP) is 1.98. The van der Waals surface area contributed by atoms with Crippen molar-refractivity contribution in [3.8, 4) is 0 Å². The molecule has 2 aliphatic rings. The van der Waals surface area contributed by atoms with Crippen LogP contribution >= 0.6 is 31.2 Å². The lowest BCUT2D eigenvalue weighted by atomic mass is 9.87. The molecule has 0 spiro atoms. The third-order valence-electron chi connectivity index (χ3n) is 3.73. The Bertz CT molecular complexity index is 269. The van der Waals surface area contributed by atoms with Gasteiger partial charge in [0.15, 0.2) is 0 Å². The van der Waals surface area contributed by atoms with Crippen LogP contribution in [-0.2, 0) is 4.52 Å². The van der Waals surface area contributed by atoms with E-state index < -0.39 is 8.02 Å². The van der Waals surface area contributed by atoms with Crippen LogP contribution in [0.2, 0.25) is 0 Å². The van der Waals surface area contributed by atoms with E-state index in [9.17, 15) is 4.89 Å². The highest BCUT2D eigenvalue weighted by Gasteiger charge is 2.46. The van der Waals surface area contributed by atoms with E-state index in [-0.39, 0.29) is 6.10 Å². The first-order valence-corrected chi connectivity index (χ1v) is 9.25. The van der Waals surface area contributed by atoms with Crippen molar-refractivity contribution in [3.05, 3.63) is 0 Å². The predicted molar refractivity (Wildman–Crippen MR) is 74.8 cm³/mol. The third kappa shape index (κ3) is 3.49. The summed E-state index contributed by atoms with van der Waals surface area (Å²) >= 11 is 11.5. The lowest BCUT2D eigenvalue weighted by Gasteiger charge is -2.46. The van der Waals surface area contributed by atoms with Crippen LogP contribution in [0.1, 0.15) is 25.7 Å². The molecule has 1 saturated carbocycles. The van der Waals surface area contributed by atoms with E-state index in [1.807, 2.05) is 0 Å². The number of halogens is 2. The van der Waals surface area contributed by atoms with Gasteiger partial charge in [-0.15, -0.1) is 27.9 Å². The highest BCUT2D eigenvalue weighted by atomic mass is 35.5. The molecule has 1 heterocycles. The molecule has 1 aliphatic heterocycles. The van der Waals surface area contributed by atoms with Gasteiger partial charge in [0, 0.05) is 24.2 Å². The van der Waals surface area contributed by atoms with E-state index in [4.69, 9.17) is 27.7 Å². The van der Waals surface area contributed by atoms with Crippen LogP contribution in [0.4, 0.5) is 0 Å². The first-order chi connectivity index (χ1) is 8.69. The van der Waals surface area contributed by atoms with Gasteiger partial charge in [-0.3, -0.25) is 0 Å². The van der Waals surface area contributed by atoms with Crippen molar-refractivity contribution in [1.29, 1.82) is 0 Å². The Balaban J connectivity index is 2.00. The molecule has 0 radical (unpaired) electrons. The maximum absolute atomic E-state index is 12.8. The molecule has 0 aromatic carbocycles. The smallest absolute Gasteiger partial charge is 0.250 e. The fraction of sp³-hybridized carbons (Fsp3) is 1.00. The zero-order chi connectivity index (χ0) is 13.0. The molecule has 1 aliphatic carbocycles. The molecule has 0 amide bonds. The second-order valence-corrected chi connectivity index (χ2v) is 7.79. The molecule has 3 atom stereocenters. The molecule has 0 aromatic heterocycles. The summed E-state index contributed by atoms with van der Waals surface area (Å²) in [6.45, 7) is 1.86. The van der Waals surface area contributed by atoms with E-state index in [1.54, 1.807) is 4.67 Å². The lowest BCUT2D eigenvalue weighted by Crippen LogP contribution is -2.52. The fourth-order valence-electron chi connectivity index (χ4n) is 2.74. The Hall–Kier alpha value is 0.850. The van der Waals surface area contributed by atoms with Crippen molar-refractivity contribution in [2.24, 2.45) is 5.92 Å². The van der Waals surface area contributed by atoms with Crippen LogP contribution in [-0.4, -0.2) is 42.2 Å². The Labute approximate surface area is 120 Å². The molecule has 1 unspecified atom stereocenters. The summed E-state index contributed by atoms with van der Waals surface area (Å²) < 4.78 is 7.67. The van der Waals surface area contributed by atoms with Crippen molar-refractivity contribution < 1.29 is 9.42 Å². The van der Waals surface area contributed by atoms with Gasteiger partial charge in [0.1, 0.15) is 6.10 Å². The fourth-order valence-corrected chi connectivity index (χ4v) is 5.62. The van der Waals surface area contributed by atoms with E-state index >= 15 is 0 Å². The Morgan fingerprint density at radius 3 is 2.56 bits per heavy atom. The van der Waals surface area contributed by atoms with E-state index in [1.165, 1.54) is 19.3 Å². The molecule has 4 nitrogen and oxygen atoms in total. The van der Waals surface area contributed by atoms with Crippen molar-refractivity contribution in [2.45, 2.75) is 31.8 Å². The van der Waals surface area contributed by atoms with Crippen molar-refractivity contribution in [3.63, 3.8) is 0 Å². The summed E-state index contributed by atoms with van der Waals surface area (Å²) in [7, 11) is -2.93. The van der Waals surface area contributed by atoms with Crippen molar-refractivity contribution in [1.82, 2.24) is 9.76 Å². The van der Waals surface area contributed by atoms with Gasteiger partial charge >= 0.3 is 0 Å². The minimum absolute atomic E-state index is 0.138. The molecule has 0 bridgehead atoms. The van der Waals surface area contributed by atoms with E-state index in [2.05, 4.69) is 5.09 Å². The monoisotopic (exact) mass is 314 g/mol. The zero-order valence-corrected chi connectivity index (χ0v) is 12.9. The Morgan fingerprint density at radius 1 is 1.22 bits per heavy atom. The highest BCUT2D eigenvalue weighted by molar-refractivity contribution is 7.59. The molecule has 7 heteroatoms. The van der Waals surface area contributed by atoms with Gasteiger partial charge in [-0.2, -0.15) is 5.09 Å². The van der Waals surface area contributed by atoms with Gasteiger partial charge in [-0.05, 0) is 12.8 Å². The number of alkyl halides is 2. The minimum Gasteiger partial charge on any atom is -0.626 e. The van der Waals surface area contributed by atoms with Crippen LogP contribution in [0.3, 0.4) is 0 Å². The van der Waals surface area contributed by atoms with Crippen LogP contribution in [0.15, 0.2) is 0 Å². The molecule has 18 heavy (non-hydrogen) atoms. The molecule has 2 fully saturated rings. The largest absolute Gasteiger partial charge is 0.626 e. The molecule has 1 saturated heterocycles. The topological polar surface area (TPSA) is 47.6 Å². The SMILES string of the molecule is [O-][P+]1(N(CCCl)CCCl)NC[C@@H]2CCCC[C@H]2O1. The van der Waals surface area contributed by atoms with Gasteiger partial charge in [-0.1, -0.05) is 12.8 Å². The maximum Gasteiger partial charge on any atom is 0.250 e. The summed E-state index contributed by atoms with van der Waals surface area (Å²) in [5.41, 5.74) is 0. The summed E-state index contributed by atoms with van der Waals surface area (Å²) in [6.07, 6.45) is 4.75. The summed E-state index contributed by atoms with van der Waals surface area (Å²) in [6, 6.07) is 0. The van der Waals surface area contributed by atoms with Gasteiger partial charge in [0.25, 0.3) is 8.02 Å².